The number of halogens is 6. The zero-order chi connectivity index (χ0) is 20.2. The van der Waals surface area contributed by atoms with Gasteiger partial charge in [0, 0.05) is 12.1 Å². The van der Waals surface area contributed by atoms with E-state index in [1.54, 1.807) is 0 Å². The maximum atomic E-state index is 13.1. The van der Waals surface area contributed by atoms with Crippen molar-refractivity contribution in [3.63, 3.8) is 0 Å². The SMILES string of the molecule is CC(C)(C(=O)Nc1nc2ccc(C(F)(F)F)cn2c1C1CCC1)C(F)(F)F. The largest absolute Gasteiger partial charge is 0.417 e. The second-order valence-corrected chi connectivity index (χ2v) is 7.19. The number of rotatable bonds is 3. The van der Waals surface area contributed by atoms with Gasteiger partial charge in [0.1, 0.15) is 11.1 Å². The molecule has 27 heavy (non-hydrogen) atoms. The van der Waals surface area contributed by atoms with Crippen LogP contribution >= 0.6 is 0 Å². The Morgan fingerprint density at radius 1 is 1.15 bits per heavy atom. The lowest BCUT2D eigenvalue weighted by Gasteiger charge is -2.28. The first-order valence-corrected chi connectivity index (χ1v) is 8.30. The van der Waals surface area contributed by atoms with E-state index in [2.05, 4.69) is 10.3 Å². The molecular formula is C17H17F6N3O. The Hall–Kier alpha value is -2.26. The van der Waals surface area contributed by atoms with Crippen molar-refractivity contribution in [2.45, 2.75) is 51.4 Å². The minimum Gasteiger partial charge on any atom is -0.308 e. The van der Waals surface area contributed by atoms with E-state index in [0.29, 0.717) is 18.5 Å². The van der Waals surface area contributed by atoms with Crippen molar-refractivity contribution in [1.82, 2.24) is 9.38 Å². The molecule has 2 aromatic heterocycles. The average Bonchev–Trinajstić information content (AvgIpc) is 2.81. The Morgan fingerprint density at radius 2 is 1.78 bits per heavy atom. The first kappa shape index (κ1) is 19.5. The highest BCUT2D eigenvalue weighted by molar-refractivity contribution is 5.95. The summed E-state index contributed by atoms with van der Waals surface area (Å²) in [5, 5.41) is 2.18. The molecule has 1 aliphatic rings. The highest BCUT2D eigenvalue weighted by Gasteiger charge is 2.53. The molecule has 0 spiro atoms. The van der Waals surface area contributed by atoms with Gasteiger partial charge >= 0.3 is 12.4 Å². The van der Waals surface area contributed by atoms with Crippen molar-refractivity contribution >= 4 is 17.4 Å². The lowest BCUT2D eigenvalue weighted by molar-refractivity contribution is -0.208. The molecule has 0 radical (unpaired) electrons. The Morgan fingerprint density at radius 3 is 2.26 bits per heavy atom. The molecule has 4 nitrogen and oxygen atoms in total. The second-order valence-electron chi connectivity index (χ2n) is 7.19. The fourth-order valence-electron chi connectivity index (χ4n) is 2.79. The molecule has 0 aromatic carbocycles. The quantitative estimate of drug-likeness (QED) is 0.734. The molecule has 0 aliphatic heterocycles. The van der Waals surface area contributed by atoms with E-state index in [0.717, 1.165) is 38.6 Å². The summed E-state index contributed by atoms with van der Waals surface area (Å²) in [6.07, 6.45) is -6.32. The van der Waals surface area contributed by atoms with Crippen LogP contribution in [0.5, 0.6) is 0 Å². The molecule has 10 heteroatoms. The number of carbonyl (C=O) groups excluding carboxylic acids is 1. The number of alkyl halides is 6. The maximum absolute atomic E-state index is 13.1. The van der Waals surface area contributed by atoms with Crippen LogP contribution in [0.15, 0.2) is 18.3 Å². The van der Waals surface area contributed by atoms with Crippen LogP contribution in [-0.2, 0) is 11.0 Å². The fraction of sp³-hybridized carbons (Fsp3) is 0.529. The Labute approximate surface area is 150 Å². The minimum atomic E-state index is -4.78. The van der Waals surface area contributed by atoms with Gasteiger partial charge in [0.2, 0.25) is 5.91 Å². The molecule has 2 aromatic rings. The van der Waals surface area contributed by atoms with Gasteiger partial charge in [-0.05, 0) is 38.8 Å². The van der Waals surface area contributed by atoms with Crippen molar-refractivity contribution < 1.29 is 31.1 Å². The molecule has 1 fully saturated rings. The summed E-state index contributed by atoms with van der Waals surface area (Å²) in [6.45, 7) is 1.48. The normalized spacial score (nSPS) is 16.4. The first-order valence-electron chi connectivity index (χ1n) is 8.30. The molecule has 0 bridgehead atoms. The predicted molar refractivity (Wildman–Crippen MR) is 85.3 cm³/mol. The van der Waals surface area contributed by atoms with Gasteiger partial charge in [0.25, 0.3) is 0 Å². The van der Waals surface area contributed by atoms with E-state index < -0.39 is 29.2 Å². The van der Waals surface area contributed by atoms with Crippen LogP contribution in [0.3, 0.4) is 0 Å². The van der Waals surface area contributed by atoms with Gasteiger partial charge in [-0.15, -0.1) is 0 Å². The van der Waals surface area contributed by atoms with Crippen LogP contribution in [0.2, 0.25) is 0 Å². The summed E-state index contributed by atoms with van der Waals surface area (Å²) in [7, 11) is 0. The van der Waals surface area contributed by atoms with Gasteiger partial charge in [-0.1, -0.05) is 6.42 Å². The van der Waals surface area contributed by atoms with Gasteiger partial charge in [-0.3, -0.25) is 4.79 Å². The van der Waals surface area contributed by atoms with Crippen LogP contribution in [0.1, 0.15) is 50.3 Å². The number of nitrogens with one attached hydrogen (secondary N) is 1. The van der Waals surface area contributed by atoms with E-state index >= 15 is 0 Å². The maximum Gasteiger partial charge on any atom is 0.417 e. The predicted octanol–water partition coefficient (Wildman–Crippen LogP) is 5.15. The Bertz CT molecular complexity index is 877. The molecule has 1 amide bonds. The molecule has 148 valence electrons. The lowest BCUT2D eigenvalue weighted by atomic mass is 9.82. The number of aromatic nitrogens is 2. The van der Waals surface area contributed by atoms with Crippen LogP contribution in [0, 0.1) is 5.41 Å². The number of fused-ring (bicyclic) bond motifs is 1. The third kappa shape index (κ3) is 3.37. The van der Waals surface area contributed by atoms with E-state index in [1.165, 1.54) is 4.40 Å². The molecule has 2 heterocycles. The molecular weight excluding hydrogens is 376 g/mol. The number of hydrogen-bond donors (Lipinski definition) is 1. The number of hydrogen-bond acceptors (Lipinski definition) is 2. The summed E-state index contributed by atoms with van der Waals surface area (Å²) in [5.74, 6) is -1.61. The third-order valence-corrected chi connectivity index (χ3v) is 4.98. The standard InChI is InChI=1S/C17H17F6N3O/c1-15(2,17(21,22)23)14(27)25-13-12(9-4-3-5-9)26-8-10(16(18,19)20)6-7-11(26)24-13/h6-9H,3-5H2,1-2H3,(H,25,27). The number of imidazole rings is 1. The minimum absolute atomic E-state index is 0.124. The van der Waals surface area contributed by atoms with Gasteiger partial charge < -0.3 is 9.72 Å². The highest BCUT2D eigenvalue weighted by atomic mass is 19.4. The second kappa shape index (κ2) is 6.13. The molecule has 1 aliphatic carbocycles. The van der Waals surface area contributed by atoms with Crippen molar-refractivity contribution in [2.24, 2.45) is 5.41 Å². The number of anilines is 1. The average molecular weight is 393 g/mol. The summed E-state index contributed by atoms with van der Waals surface area (Å²) >= 11 is 0. The zero-order valence-corrected chi connectivity index (χ0v) is 14.5. The number of amides is 1. The van der Waals surface area contributed by atoms with Crippen LogP contribution in [0.4, 0.5) is 32.2 Å². The highest BCUT2D eigenvalue weighted by Crippen LogP contribution is 2.43. The summed E-state index contributed by atoms with van der Waals surface area (Å²) in [6, 6.07) is 1.98. The van der Waals surface area contributed by atoms with E-state index in [1.807, 2.05) is 0 Å². The molecule has 0 atom stereocenters. The van der Waals surface area contributed by atoms with Gasteiger partial charge in [0.15, 0.2) is 5.82 Å². The van der Waals surface area contributed by atoms with Crippen molar-refractivity contribution in [1.29, 1.82) is 0 Å². The van der Waals surface area contributed by atoms with E-state index in [4.69, 9.17) is 0 Å². The van der Waals surface area contributed by atoms with Crippen molar-refractivity contribution in [3.05, 3.63) is 29.6 Å². The topological polar surface area (TPSA) is 46.4 Å². The summed E-state index contributed by atoms with van der Waals surface area (Å²) in [5.41, 5.74) is -3.14. The fourth-order valence-corrected chi connectivity index (χ4v) is 2.79. The van der Waals surface area contributed by atoms with Gasteiger partial charge in [-0.25, -0.2) is 4.98 Å². The molecule has 3 rings (SSSR count). The summed E-state index contributed by atoms with van der Waals surface area (Å²) in [4.78, 5) is 16.3. The molecule has 1 saturated carbocycles. The van der Waals surface area contributed by atoms with Crippen LogP contribution < -0.4 is 5.32 Å². The van der Waals surface area contributed by atoms with Crippen molar-refractivity contribution in [2.75, 3.05) is 5.32 Å². The van der Waals surface area contributed by atoms with Crippen LogP contribution in [-0.4, -0.2) is 21.5 Å². The van der Waals surface area contributed by atoms with Gasteiger partial charge in [-0.2, -0.15) is 26.3 Å². The third-order valence-electron chi connectivity index (χ3n) is 4.98. The first-order chi connectivity index (χ1) is 12.3. The zero-order valence-electron chi connectivity index (χ0n) is 14.5. The number of pyridine rings is 1. The monoisotopic (exact) mass is 393 g/mol. The Kier molecular flexibility index (Phi) is 4.43. The summed E-state index contributed by atoms with van der Waals surface area (Å²) < 4.78 is 79.6. The van der Waals surface area contributed by atoms with Gasteiger partial charge in [0.05, 0.1) is 11.3 Å². The lowest BCUT2D eigenvalue weighted by Crippen LogP contribution is -2.43. The van der Waals surface area contributed by atoms with Crippen molar-refractivity contribution in [3.8, 4) is 0 Å². The smallest absolute Gasteiger partial charge is 0.308 e. The Balaban J connectivity index is 2.06. The van der Waals surface area contributed by atoms with E-state index in [-0.39, 0.29) is 17.4 Å². The van der Waals surface area contributed by atoms with Crippen LogP contribution in [0.25, 0.3) is 5.65 Å². The number of nitrogens with zero attached hydrogens (tertiary/aromatic N) is 2. The molecule has 1 N–H and O–H groups in total. The molecule has 0 saturated heterocycles. The number of carbonyl (C=O) groups is 1. The molecule has 0 unspecified atom stereocenters. The van der Waals surface area contributed by atoms with E-state index in [9.17, 15) is 31.1 Å².